The molecule has 0 amide bonds. The third-order valence-corrected chi connectivity index (χ3v) is 2.73. The van der Waals surface area contributed by atoms with Crippen molar-refractivity contribution in [2.45, 2.75) is 32.4 Å². The van der Waals surface area contributed by atoms with Gasteiger partial charge >= 0.3 is 0 Å². The molecule has 1 N–H and O–H groups in total. The summed E-state index contributed by atoms with van der Waals surface area (Å²) in [4.78, 5) is 0. The fourth-order valence-electron chi connectivity index (χ4n) is 1.83. The zero-order chi connectivity index (χ0) is 11.6. The highest BCUT2D eigenvalue weighted by molar-refractivity contribution is 5.27. The lowest BCUT2D eigenvalue weighted by Gasteiger charge is -2.23. The van der Waals surface area contributed by atoms with E-state index in [-0.39, 0.29) is 0 Å². The Balaban J connectivity index is 2.39. The second-order valence-electron chi connectivity index (χ2n) is 4.02. The Morgan fingerprint density at radius 2 is 2.31 bits per heavy atom. The molecule has 0 saturated carbocycles. The molecule has 0 spiro atoms. The van der Waals surface area contributed by atoms with Crippen LogP contribution in [0, 0.1) is 0 Å². The van der Waals surface area contributed by atoms with Gasteiger partial charge in [0, 0.05) is 18.3 Å². The Bertz CT molecular complexity index is 443. The highest BCUT2D eigenvalue weighted by atomic mass is 16.3. The van der Waals surface area contributed by atoms with Gasteiger partial charge in [-0.3, -0.25) is 4.68 Å². The summed E-state index contributed by atoms with van der Waals surface area (Å²) in [5.41, 5.74) is 0.472. The molecule has 1 atom stereocenters. The van der Waals surface area contributed by atoms with Crippen molar-refractivity contribution in [2.24, 2.45) is 0 Å². The lowest BCUT2D eigenvalue weighted by Crippen LogP contribution is -2.26. The van der Waals surface area contributed by atoms with Crippen molar-refractivity contribution in [2.75, 3.05) is 0 Å². The summed E-state index contributed by atoms with van der Waals surface area (Å²) in [5, 5.41) is 14.7. The molecule has 0 saturated heterocycles. The van der Waals surface area contributed by atoms with E-state index >= 15 is 0 Å². The summed E-state index contributed by atoms with van der Waals surface area (Å²) in [6.07, 6.45) is 5.81. The largest absolute Gasteiger partial charge is 0.472 e. The van der Waals surface area contributed by atoms with E-state index in [1.54, 1.807) is 31.7 Å². The number of aliphatic hydroxyl groups is 1. The first-order chi connectivity index (χ1) is 7.66. The molecule has 0 aliphatic heterocycles. The molecule has 0 radical (unpaired) electrons. The Morgan fingerprint density at radius 1 is 1.50 bits per heavy atom. The molecular formula is C12H16N2O2. The lowest BCUT2D eigenvalue weighted by molar-refractivity contribution is 0.0907. The average Bonchev–Trinajstić information content (AvgIpc) is 2.88. The molecule has 1 unspecified atom stereocenters. The van der Waals surface area contributed by atoms with Crippen LogP contribution in [-0.2, 0) is 12.1 Å². The van der Waals surface area contributed by atoms with Crippen LogP contribution < -0.4 is 0 Å². The first-order valence-electron chi connectivity index (χ1n) is 5.43. The molecule has 2 aromatic heterocycles. The maximum atomic E-state index is 10.5. The van der Waals surface area contributed by atoms with Gasteiger partial charge in [-0.25, -0.2) is 0 Å². The van der Waals surface area contributed by atoms with Crippen molar-refractivity contribution in [1.82, 2.24) is 9.78 Å². The van der Waals surface area contributed by atoms with Crippen LogP contribution >= 0.6 is 0 Å². The summed E-state index contributed by atoms with van der Waals surface area (Å²) in [5.74, 6) is 0. The standard InChI is InChI=1S/C12H16N2O2/c1-3-7-14-11(4-6-13-14)12(2,15)10-5-8-16-9-10/h4-6,8-9,15H,3,7H2,1-2H3. The Morgan fingerprint density at radius 3 is 2.94 bits per heavy atom. The van der Waals surface area contributed by atoms with Gasteiger partial charge in [0.15, 0.2) is 0 Å². The summed E-state index contributed by atoms with van der Waals surface area (Å²) >= 11 is 0. The molecule has 2 rings (SSSR count). The first kappa shape index (κ1) is 11.0. The van der Waals surface area contributed by atoms with Crippen LogP contribution in [0.1, 0.15) is 31.5 Å². The molecule has 4 heteroatoms. The molecule has 16 heavy (non-hydrogen) atoms. The van der Waals surface area contributed by atoms with Gasteiger partial charge in [-0.2, -0.15) is 5.10 Å². The van der Waals surface area contributed by atoms with Crippen LogP contribution in [0.3, 0.4) is 0 Å². The first-order valence-corrected chi connectivity index (χ1v) is 5.43. The Labute approximate surface area is 94.5 Å². The fourth-order valence-corrected chi connectivity index (χ4v) is 1.83. The van der Waals surface area contributed by atoms with Gasteiger partial charge in [0.05, 0.1) is 18.2 Å². The van der Waals surface area contributed by atoms with E-state index in [0.29, 0.717) is 0 Å². The van der Waals surface area contributed by atoms with E-state index in [0.717, 1.165) is 24.2 Å². The van der Waals surface area contributed by atoms with Gasteiger partial charge in [-0.15, -0.1) is 0 Å². The van der Waals surface area contributed by atoms with Gasteiger partial charge in [0.1, 0.15) is 5.60 Å². The van der Waals surface area contributed by atoms with Crippen LogP contribution in [0.25, 0.3) is 0 Å². The monoisotopic (exact) mass is 220 g/mol. The minimum absolute atomic E-state index is 0.741. The maximum Gasteiger partial charge on any atom is 0.131 e. The van der Waals surface area contributed by atoms with Crippen molar-refractivity contribution >= 4 is 0 Å². The van der Waals surface area contributed by atoms with Crippen molar-refractivity contribution in [1.29, 1.82) is 0 Å². The number of aryl methyl sites for hydroxylation is 1. The number of hydrogen-bond acceptors (Lipinski definition) is 3. The quantitative estimate of drug-likeness (QED) is 0.858. The van der Waals surface area contributed by atoms with Crippen molar-refractivity contribution in [3.8, 4) is 0 Å². The summed E-state index contributed by atoms with van der Waals surface area (Å²) < 4.78 is 6.84. The summed E-state index contributed by atoms with van der Waals surface area (Å²) in [6, 6.07) is 3.60. The van der Waals surface area contributed by atoms with Crippen molar-refractivity contribution < 1.29 is 9.52 Å². The molecule has 0 fully saturated rings. The number of nitrogens with zero attached hydrogens (tertiary/aromatic N) is 2. The minimum atomic E-state index is -1.06. The number of furan rings is 1. The average molecular weight is 220 g/mol. The van der Waals surface area contributed by atoms with E-state index in [1.807, 2.05) is 10.7 Å². The second-order valence-corrected chi connectivity index (χ2v) is 4.02. The van der Waals surface area contributed by atoms with E-state index < -0.39 is 5.60 Å². The van der Waals surface area contributed by atoms with E-state index in [2.05, 4.69) is 12.0 Å². The van der Waals surface area contributed by atoms with Gasteiger partial charge in [0.2, 0.25) is 0 Å². The Hall–Kier alpha value is -1.55. The van der Waals surface area contributed by atoms with E-state index in [9.17, 15) is 5.11 Å². The molecule has 0 aromatic carbocycles. The zero-order valence-electron chi connectivity index (χ0n) is 9.55. The third kappa shape index (κ3) is 1.76. The van der Waals surface area contributed by atoms with Crippen LogP contribution in [0.15, 0.2) is 35.3 Å². The third-order valence-electron chi connectivity index (χ3n) is 2.73. The van der Waals surface area contributed by atoms with Gasteiger partial charge in [0.25, 0.3) is 0 Å². The molecular weight excluding hydrogens is 204 g/mol. The van der Waals surface area contributed by atoms with E-state index in [4.69, 9.17) is 4.42 Å². The smallest absolute Gasteiger partial charge is 0.131 e. The van der Waals surface area contributed by atoms with Crippen LogP contribution in [0.2, 0.25) is 0 Å². The minimum Gasteiger partial charge on any atom is -0.472 e. The van der Waals surface area contributed by atoms with Gasteiger partial charge < -0.3 is 9.52 Å². The summed E-state index contributed by atoms with van der Waals surface area (Å²) in [7, 11) is 0. The molecule has 86 valence electrons. The number of hydrogen-bond donors (Lipinski definition) is 1. The van der Waals surface area contributed by atoms with Crippen LogP contribution in [-0.4, -0.2) is 14.9 Å². The highest BCUT2D eigenvalue weighted by Gasteiger charge is 2.30. The maximum absolute atomic E-state index is 10.5. The Kier molecular flexibility index (Phi) is 2.83. The normalized spacial score (nSPS) is 14.9. The molecule has 4 nitrogen and oxygen atoms in total. The number of aromatic nitrogens is 2. The van der Waals surface area contributed by atoms with E-state index in [1.165, 1.54) is 0 Å². The molecule has 0 aliphatic rings. The zero-order valence-corrected chi connectivity index (χ0v) is 9.55. The second kappa shape index (κ2) is 4.14. The van der Waals surface area contributed by atoms with Crippen LogP contribution in [0.5, 0.6) is 0 Å². The van der Waals surface area contributed by atoms with Crippen molar-refractivity contribution in [3.05, 3.63) is 42.1 Å². The summed E-state index contributed by atoms with van der Waals surface area (Å²) in [6.45, 7) is 4.63. The SMILES string of the molecule is CCCn1nccc1C(C)(O)c1ccoc1. The number of rotatable bonds is 4. The molecule has 0 aliphatic carbocycles. The predicted octanol–water partition coefficient (Wildman–Crippen LogP) is 2.14. The highest BCUT2D eigenvalue weighted by Crippen LogP contribution is 2.29. The lowest BCUT2D eigenvalue weighted by atomic mass is 9.95. The fraction of sp³-hybridized carbons (Fsp3) is 0.417. The predicted molar refractivity (Wildman–Crippen MR) is 59.9 cm³/mol. The van der Waals surface area contributed by atoms with Gasteiger partial charge in [-0.1, -0.05) is 6.92 Å². The van der Waals surface area contributed by atoms with Crippen LogP contribution in [0.4, 0.5) is 0 Å². The molecule has 2 aromatic rings. The van der Waals surface area contributed by atoms with Crippen molar-refractivity contribution in [3.63, 3.8) is 0 Å². The topological polar surface area (TPSA) is 51.2 Å². The molecule has 0 bridgehead atoms. The molecule has 2 heterocycles. The van der Waals surface area contributed by atoms with Gasteiger partial charge in [-0.05, 0) is 25.5 Å².